The Hall–Kier alpha value is -3.00. The predicted octanol–water partition coefficient (Wildman–Crippen LogP) is 8.93. The number of benzene rings is 3. The van der Waals surface area contributed by atoms with Crippen molar-refractivity contribution in [2.75, 3.05) is 0 Å². The van der Waals surface area contributed by atoms with Gasteiger partial charge in [-0.1, -0.05) is 59.2 Å². The van der Waals surface area contributed by atoms with Crippen molar-refractivity contribution in [3.05, 3.63) is 82.5 Å². The largest absolute Gasteiger partial charge is 0.507 e. The lowest BCUT2D eigenvalue weighted by Gasteiger charge is -2.12. The van der Waals surface area contributed by atoms with Crippen LogP contribution in [0.1, 0.15) is 71.4 Å². The van der Waals surface area contributed by atoms with E-state index in [0.717, 1.165) is 54.9 Å². The van der Waals surface area contributed by atoms with Crippen LogP contribution in [0.25, 0.3) is 21.5 Å². The first kappa shape index (κ1) is 24.6. The Kier molecular flexibility index (Phi) is 8.38. The maximum Gasteiger partial charge on any atom is 0.131 e. The zero-order valence-corrected chi connectivity index (χ0v) is 20.8. The zero-order valence-electron chi connectivity index (χ0n) is 20.8. The minimum atomic E-state index is 0.253. The third kappa shape index (κ3) is 6.51. The Morgan fingerprint density at radius 1 is 0.606 bits per heavy atom. The molecule has 0 saturated carbocycles. The molecule has 174 valence electrons. The number of phenolic OH excluding ortho intramolecular Hbond substituents is 2. The fourth-order valence-electron chi connectivity index (χ4n) is 4.29. The molecule has 3 rings (SSSR count). The Morgan fingerprint density at radius 2 is 1.06 bits per heavy atom. The fourth-order valence-corrected chi connectivity index (χ4v) is 4.29. The SMILES string of the molecule is CC(C)=CCCC(C)=CCCc1ccc2c(O)c3cc(CCC=C(C)C)ccc3c(O)c2c1. The molecule has 3 aromatic carbocycles. The average Bonchev–Trinajstić information content (AvgIpc) is 2.77. The summed E-state index contributed by atoms with van der Waals surface area (Å²) in [5.41, 5.74) is 6.43. The van der Waals surface area contributed by atoms with Gasteiger partial charge in [0.25, 0.3) is 0 Å². The first-order chi connectivity index (χ1) is 15.8. The molecule has 0 saturated heterocycles. The topological polar surface area (TPSA) is 40.5 Å². The van der Waals surface area contributed by atoms with Crippen LogP contribution in [0.2, 0.25) is 0 Å². The number of allylic oxidation sites excluding steroid dienone is 6. The number of rotatable bonds is 9. The maximum absolute atomic E-state index is 11.0. The van der Waals surface area contributed by atoms with Gasteiger partial charge in [-0.05, 0) is 96.4 Å². The van der Waals surface area contributed by atoms with Gasteiger partial charge in [0.2, 0.25) is 0 Å². The van der Waals surface area contributed by atoms with Crippen molar-refractivity contribution in [3.8, 4) is 11.5 Å². The molecule has 0 unspecified atom stereocenters. The number of phenols is 2. The summed E-state index contributed by atoms with van der Waals surface area (Å²) in [6.07, 6.45) is 12.8. The van der Waals surface area contributed by atoms with Crippen LogP contribution < -0.4 is 0 Å². The lowest BCUT2D eigenvalue weighted by atomic mass is 9.95. The van der Waals surface area contributed by atoms with E-state index in [1.807, 2.05) is 24.3 Å². The van der Waals surface area contributed by atoms with Gasteiger partial charge in [-0.2, -0.15) is 0 Å². The van der Waals surface area contributed by atoms with Gasteiger partial charge in [-0.15, -0.1) is 0 Å². The van der Waals surface area contributed by atoms with E-state index < -0.39 is 0 Å². The highest BCUT2D eigenvalue weighted by Gasteiger charge is 2.14. The summed E-state index contributed by atoms with van der Waals surface area (Å²) in [5, 5.41) is 24.9. The first-order valence-corrected chi connectivity index (χ1v) is 12.1. The van der Waals surface area contributed by atoms with Crippen LogP contribution in [-0.4, -0.2) is 10.2 Å². The van der Waals surface area contributed by atoms with Crippen molar-refractivity contribution in [1.29, 1.82) is 0 Å². The van der Waals surface area contributed by atoms with Gasteiger partial charge in [0, 0.05) is 21.5 Å². The standard InChI is InChI=1S/C31H38O2/c1-21(2)9-6-11-23(5)12-8-14-25-16-18-27-29(20-25)31(33)26-17-15-24(13-7-10-22(3)4)19-28(26)30(27)32/h9-10,12,15-20,32-33H,6-8,11,13-14H2,1-5H3. The van der Waals surface area contributed by atoms with Gasteiger partial charge < -0.3 is 10.2 Å². The average molecular weight is 443 g/mol. The summed E-state index contributed by atoms with van der Waals surface area (Å²) in [6.45, 7) is 10.7. The minimum absolute atomic E-state index is 0.253. The van der Waals surface area contributed by atoms with Crippen LogP contribution in [0.5, 0.6) is 11.5 Å². The summed E-state index contributed by atoms with van der Waals surface area (Å²) >= 11 is 0. The molecule has 2 N–H and O–H groups in total. The van der Waals surface area contributed by atoms with Crippen molar-refractivity contribution >= 4 is 21.5 Å². The third-order valence-corrected chi connectivity index (χ3v) is 6.19. The summed E-state index contributed by atoms with van der Waals surface area (Å²) in [4.78, 5) is 0. The van der Waals surface area contributed by atoms with E-state index in [-0.39, 0.29) is 11.5 Å². The number of hydrogen-bond donors (Lipinski definition) is 2. The van der Waals surface area contributed by atoms with Crippen molar-refractivity contribution in [1.82, 2.24) is 0 Å². The van der Waals surface area contributed by atoms with Crippen LogP contribution in [0.4, 0.5) is 0 Å². The Morgan fingerprint density at radius 3 is 1.55 bits per heavy atom. The molecular weight excluding hydrogens is 404 g/mol. The molecule has 0 aliphatic heterocycles. The van der Waals surface area contributed by atoms with Crippen molar-refractivity contribution < 1.29 is 10.2 Å². The summed E-state index contributed by atoms with van der Waals surface area (Å²) < 4.78 is 0. The van der Waals surface area contributed by atoms with E-state index in [1.165, 1.54) is 22.3 Å². The smallest absolute Gasteiger partial charge is 0.131 e. The molecule has 3 aromatic rings. The second kappa shape index (κ2) is 11.2. The molecule has 0 spiro atoms. The minimum Gasteiger partial charge on any atom is -0.507 e. The molecular formula is C31H38O2. The lowest BCUT2D eigenvalue weighted by Crippen LogP contribution is -1.89. The van der Waals surface area contributed by atoms with Gasteiger partial charge in [0.15, 0.2) is 0 Å². The maximum atomic E-state index is 11.0. The Bertz CT molecular complexity index is 1220. The number of fused-ring (bicyclic) bond motifs is 2. The van der Waals surface area contributed by atoms with Crippen LogP contribution in [0, 0.1) is 0 Å². The van der Waals surface area contributed by atoms with Gasteiger partial charge in [0.05, 0.1) is 0 Å². The number of aromatic hydroxyl groups is 2. The monoisotopic (exact) mass is 442 g/mol. The highest BCUT2D eigenvalue weighted by atomic mass is 16.3. The Labute approximate surface area is 199 Å². The molecule has 0 bridgehead atoms. The van der Waals surface area contributed by atoms with Gasteiger partial charge in [-0.25, -0.2) is 0 Å². The van der Waals surface area contributed by atoms with E-state index in [0.29, 0.717) is 10.8 Å². The molecule has 0 atom stereocenters. The third-order valence-electron chi connectivity index (χ3n) is 6.19. The molecule has 0 radical (unpaired) electrons. The second-order valence-corrected chi connectivity index (χ2v) is 9.69. The highest BCUT2D eigenvalue weighted by Crippen LogP contribution is 2.42. The van der Waals surface area contributed by atoms with Crippen LogP contribution in [0.15, 0.2) is 71.3 Å². The molecule has 33 heavy (non-hydrogen) atoms. The van der Waals surface area contributed by atoms with E-state index in [1.54, 1.807) is 0 Å². The van der Waals surface area contributed by atoms with Crippen LogP contribution in [0.3, 0.4) is 0 Å². The zero-order chi connectivity index (χ0) is 24.0. The second-order valence-electron chi connectivity index (χ2n) is 9.69. The van der Waals surface area contributed by atoms with Crippen molar-refractivity contribution in [2.45, 2.75) is 73.1 Å². The molecule has 2 nitrogen and oxygen atoms in total. The summed E-state index contributed by atoms with van der Waals surface area (Å²) in [7, 11) is 0. The predicted molar refractivity (Wildman–Crippen MR) is 143 cm³/mol. The van der Waals surface area contributed by atoms with Crippen molar-refractivity contribution in [2.24, 2.45) is 0 Å². The normalized spacial score (nSPS) is 11.7. The summed E-state index contributed by atoms with van der Waals surface area (Å²) in [5.74, 6) is 0.507. The van der Waals surface area contributed by atoms with Gasteiger partial charge >= 0.3 is 0 Å². The van der Waals surface area contributed by atoms with E-state index in [2.05, 4.69) is 65.0 Å². The number of aryl methyl sites for hydroxylation is 2. The first-order valence-electron chi connectivity index (χ1n) is 12.1. The van der Waals surface area contributed by atoms with E-state index >= 15 is 0 Å². The molecule has 0 amide bonds. The van der Waals surface area contributed by atoms with Gasteiger partial charge in [0.1, 0.15) is 11.5 Å². The van der Waals surface area contributed by atoms with Gasteiger partial charge in [-0.3, -0.25) is 0 Å². The summed E-state index contributed by atoms with van der Waals surface area (Å²) in [6, 6.07) is 12.0. The molecule has 0 aliphatic carbocycles. The van der Waals surface area contributed by atoms with Crippen LogP contribution in [-0.2, 0) is 12.8 Å². The van der Waals surface area contributed by atoms with Crippen molar-refractivity contribution in [3.63, 3.8) is 0 Å². The quantitative estimate of drug-likeness (QED) is 0.197. The molecule has 0 heterocycles. The molecule has 0 aliphatic rings. The van der Waals surface area contributed by atoms with Crippen LogP contribution >= 0.6 is 0 Å². The lowest BCUT2D eigenvalue weighted by molar-refractivity contribution is 0.478. The Balaban J connectivity index is 1.81. The molecule has 2 heteroatoms. The molecule has 0 fully saturated rings. The highest BCUT2D eigenvalue weighted by molar-refractivity contribution is 6.10. The molecule has 0 aromatic heterocycles. The van der Waals surface area contributed by atoms with E-state index in [4.69, 9.17) is 0 Å². The number of hydrogen-bond acceptors (Lipinski definition) is 2. The van der Waals surface area contributed by atoms with E-state index in [9.17, 15) is 10.2 Å². The fraction of sp³-hybridized carbons (Fsp3) is 0.355.